The number of carbonyl (C=O) groups excluding carboxylic acids is 1. The molecule has 2 radical (unpaired) electrons. The number of benzene rings is 1. The van der Waals surface area contributed by atoms with E-state index in [9.17, 15) is 4.79 Å². The highest BCUT2D eigenvalue weighted by Crippen LogP contribution is 2.13. The first-order valence-corrected chi connectivity index (χ1v) is 4.85. The number of hydrogen-bond donors (Lipinski definition) is 3. The molecule has 16 heavy (non-hydrogen) atoms. The zero-order valence-electron chi connectivity index (χ0n) is 8.53. The molecule has 2 aromatic rings. The van der Waals surface area contributed by atoms with E-state index >= 15 is 0 Å². The summed E-state index contributed by atoms with van der Waals surface area (Å²) in [5.74, 6) is 0.0898. The maximum Gasteiger partial charge on any atom is 0.251 e. The number of nitrogens with zero attached hydrogens (tertiary/aromatic N) is 1. The lowest BCUT2D eigenvalue weighted by Crippen LogP contribution is -2.26. The van der Waals surface area contributed by atoms with Crippen molar-refractivity contribution in [2.75, 3.05) is 13.2 Å². The molecule has 1 amide bonds. The Balaban J connectivity index is 2.28. The van der Waals surface area contributed by atoms with E-state index in [-0.39, 0.29) is 19.1 Å². The van der Waals surface area contributed by atoms with Crippen LogP contribution in [0.2, 0.25) is 0 Å². The second-order valence-electron chi connectivity index (χ2n) is 3.33. The van der Waals surface area contributed by atoms with Gasteiger partial charge in [-0.05, 0) is 18.2 Å². The molecule has 82 valence electrons. The van der Waals surface area contributed by atoms with Crippen LogP contribution in [0.1, 0.15) is 16.2 Å². The summed E-state index contributed by atoms with van der Waals surface area (Å²) in [5, 5.41) is 11.2. The van der Waals surface area contributed by atoms with Crippen molar-refractivity contribution in [1.82, 2.24) is 15.3 Å². The maximum absolute atomic E-state index is 11.6. The number of H-pyrrole nitrogens is 1. The van der Waals surface area contributed by atoms with E-state index in [0.29, 0.717) is 16.9 Å². The van der Waals surface area contributed by atoms with E-state index in [1.807, 2.05) is 0 Å². The number of rotatable bonds is 3. The Hall–Kier alpha value is -1.88. The Bertz CT molecular complexity index is 519. The fourth-order valence-corrected chi connectivity index (χ4v) is 1.44. The molecule has 1 aromatic heterocycles. The predicted molar refractivity (Wildman–Crippen MR) is 58.9 cm³/mol. The summed E-state index contributed by atoms with van der Waals surface area (Å²) < 4.78 is 0. The molecule has 0 aliphatic rings. The van der Waals surface area contributed by atoms with Gasteiger partial charge in [-0.25, -0.2) is 4.98 Å². The van der Waals surface area contributed by atoms with Crippen molar-refractivity contribution < 1.29 is 9.90 Å². The number of imidazole rings is 1. The maximum atomic E-state index is 11.6. The molecule has 0 saturated carbocycles. The largest absolute Gasteiger partial charge is 0.395 e. The molecule has 3 N–H and O–H groups in total. The number of aromatic amines is 1. The summed E-state index contributed by atoms with van der Waals surface area (Å²) >= 11 is 0. The normalized spacial score (nSPS) is 10.6. The second kappa shape index (κ2) is 4.32. The van der Waals surface area contributed by atoms with Crippen LogP contribution in [0.5, 0.6) is 0 Å². The van der Waals surface area contributed by atoms with Crippen molar-refractivity contribution in [2.45, 2.75) is 0 Å². The van der Waals surface area contributed by atoms with Crippen LogP contribution in [-0.2, 0) is 0 Å². The SMILES string of the molecule is [CH]c1nc2ccc(C(=O)NCCO)cc2[nH]1. The van der Waals surface area contributed by atoms with Crippen LogP contribution in [-0.4, -0.2) is 34.1 Å². The quantitative estimate of drug-likeness (QED) is 0.694. The minimum absolute atomic E-state index is 0.0784. The summed E-state index contributed by atoms with van der Waals surface area (Å²) in [5.41, 5.74) is 1.94. The monoisotopic (exact) mass is 217 g/mol. The summed E-state index contributed by atoms with van der Waals surface area (Å²) in [6.45, 7) is 5.66. The molecule has 0 fully saturated rings. The zero-order chi connectivity index (χ0) is 11.5. The average molecular weight is 217 g/mol. The molecule has 5 heteroatoms. The van der Waals surface area contributed by atoms with Crippen molar-refractivity contribution in [2.24, 2.45) is 0 Å². The zero-order valence-corrected chi connectivity index (χ0v) is 8.53. The Kier molecular flexibility index (Phi) is 2.87. The van der Waals surface area contributed by atoms with E-state index in [1.54, 1.807) is 18.2 Å². The number of carbonyl (C=O) groups is 1. The van der Waals surface area contributed by atoms with Crippen molar-refractivity contribution in [3.05, 3.63) is 36.5 Å². The first-order chi connectivity index (χ1) is 7.70. The standard InChI is InChI=1S/C11H11N3O2/c1-7-13-9-3-2-8(6-10(9)14-7)11(16)12-4-5-15/h1-3,6,15H,4-5H2,(H,12,16)(H,13,14). The lowest BCUT2D eigenvalue weighted by molar-refractivity contribution is 0.0945. The summed E-state index contributed by atoms with van der Waals surface area (Å²) in [6.07, 6.45) is 0. The van der Waals surface area contributed by atoms with Crippen molar-refractivity contribution in [3.63, 3.8) is 0 Å². The Morgan fingerprint density at radius 3 is 3.12 bits per heavy atom. The van der Waals surface area contributed by atoms with Crippen LogP contribution in [0.3, 0.4) is 0 Å². The van der Waals surface area contributed by atoms with Crippen LogP contribution in [0.4, 0.5) is 0 Å². The average Bonchev–Trinajstić information content (AvgIpc) is 2.64. The number of fused-ring (bicyclic) bond motifs is 1. The number of aromatic nitrogens is 2. The topological polar surface area (TPSA) is 78.0 Å². The molecule has 1 aromatic carbocycles. The molecule has 0 aliphatic heterocycles. The van der Waals surface area contributed by atoms with Crippen LogP contribution >= 0.6 is 0 Å². The highest BCUT2D eigenvalue weighted by atomic mass is 16.3. The summed E-state index contributed by atoms with van der Waals surface area (Å²) in [4.78, 5) is 18.4. The molecule has 2 rings (SSSR count). The molecule has 0 unspecified atom stereocenters. The lowest BCUT2D eigenvalue weighted by atomic mass is 10.2. The fourth-order valence-electron chi connectivity index (χ4n) is 1.44. The minimum Gasteiger partial charge on any atom is -0.395 e. The first-order valence-electron chi connectivity index (χ1n) is 4.85. The Labute approximate surface area is 92.5 Å². The fraction of sp³-hybridized carbons (Fsp3) is 0.182. The Morgan fingerprint density at radius 2 is 2.38 bits per heavy atom. The van der Waals surface area contributed by atoms with E-state index in [1.165, 1.54) is 0 Å². The van der Waals surface area contributed by atoms with Gasteiger partial charge in [0, 0.05) is 19.0 Å². The number of aliphatic hydroxyl groups is 1. The lowest BCUT2D eigenvalue weighted by Gasteiger charge is -2.02. The van der Waals surface area contributed by atoms with E-state index in [0.717, 1.165) is 5.52 Å². The summed E-state index contributed by atoms with van der Waals surface area (Å²) in [7, 11) is 0. The third-order valence-electron chi connectivity index (χ3n) is 2.16. The molecule has 0 atom stereocenters. The molecular formula is C11H11N3O2. The molecule has 0 bridgehead atoms. The van der Waals surface area contributed by atoms with Crippen LogP contribution < -0.4 is 5.32 Å². The number of amides is 1. The van der Waals surface area contributed by atoms with Gasteiger partial charge in [-0.2, -0.15) is 0 Å². The summed E-state index contributed by atoms with van der Waals surface area (Å²) in [6, 6.07) is 5.05. The van der Waals surface area contributed by atoms with Crippen LogP contribution in [0, 0.1) is 6.92 Å². The highest BCUT2D eigenvalue weighted by molar-refractivity contribution is 5.97. The van der Waals surface area contributed by atoms with Crippen molar-refractivity contribution in [3.8, 4) is 0 Å². The number of nitrogens with one attached hydrogen (secondary N) is 2. The van der Waals surface area contributed by atoms with Gasteiger partial charge < -0.3 is 15.4 Å². The molecule has 0 spiro atoms. The molecule has 0 aliphatic carbocycles. The highest BCUT2D eigenvalue weighted by Gasteiger charge is 2.07. The van der Waals surface area contributed by atoms with Crippen molar-refractivity contribution >= 4 is 16.9 Å². The van der Waals surface area contributed by atoms with Crippen molar-refractivity contribution in [1.29, 1.82) is 0 Å². The van der Waals surface area contributed by atoms with Gasteiger partial charge in [0.25, 0.3) is 5.91 Å². The smallest absolute Gasteiger partial charge is 0.251 e. The number of hydrogen-bond acceptors (Lipinski definition) is 3. The van der Waals surface area contributed by atoms with E-state index < -0.39 is 0 Å². The molecule has 0 saturated heterocycles. The third kappa shape index (κ3) is 2.04. The van der Waals surface area contributed by atoms with Gasteiger partial charge in [0.1, 0.15) is 5.82 Å². The van der Waals surface area contributed by atoms with Gasteiger partial charge in [-0.15, -0.1) is 0 Å². The second-order valence-corrected chi connectivity index (χ2v) is 3.33. The van der Waals surface area contributed by atoms with E-state index in [4.69, 9.17) is 12.0 Å². The number of aliphatic hydroxyl groups excluding tert-OH is 1. The van der Waals surface area contributed by atoms with Gasteiger partial charge in [-0.3, -0.25) is 4.79 Å². The van der Waals surface area contributed by atoms with Crippen LogP contribution in [0.15, 0.2) is 18.2 Å². The van der Waals surface area contributed by atoms with Gasteiger partial charge >= 0.3 is 0 Å². The van der Waals surface area contributed by atoms with Crippen LogP contribution in [0.25, 0.3) is 11.0 Å². The predicted octanol–water partition coefficient (Wildman–Crippen LogP) is 0.344. The van der Waals surface area contributed by atoms with Gasteiger partial charge in [0.05, 0.1) is 17.6 Å². The first kappa shape index (κ1) is 10.6. The minimum atomic E-state index is -0.232. The van der Waals surface area contributed by atoms with E-state index in [2.05, 4.69) is 15.3 Å². The Morgan fingerprint density at radius 1 is 1.56 bits per heavy atom. The third-order valence-corrected chi connectivity index (χ3v) is 2.16. The molecule has 1 heterocycles. The van der Waals surface area contributed by atoms with Gasteiger partial charge in [0.15, 0.2) is 0 Å². The van der Waals surface area contributed by atoms with Gasteiger partial charge in [0.2, 0.25) is 0 Å². The van der Waals surface area contributed by atoms with Gasteiger partial charge in [-0.1, -0.05) is 0 Å². The molecular weight excluding hydrogens is 206 g/mol. The molecule has 5 nitrogen and oxygen atoms in total.